The zero-order valence-corrected chi connectivity index (χ0v) is 18.2. The molecule has 0 aromatic heterocycles. The number of Topliss-reactive ketones (excluding diaryl/α,β-unsaturated/α-hetero) is 1. The first-order valence-corrected chi connectivity index (χ1v) is 11.4. The molecule has 0 heterocycles. The summed E-state index contributed by atoms with van der Waals surface area (Å²) in [7, 11) is 0. The highest BCUT2D eigenvalue weighted by molar-refractivity contribution is 6.36. The highest BCUT2D eigenvalue weighted by atomic mass is 16.5. The maximum atomic E-state index is 12.1. The number of rotatable bonds is 6. The largest absolute Gasteiger partial charge is 0.421 e. The van der Waals surface area contributed by atoms with Crippen LogP contribution in [-0.4, -0.2) is 68.3 Å². The minimum atomic E-state index is -2.19. The molecule has 5 N–H and O–H groups in total. The molecule has 0 saturated heterocycles. The van der Waals surface area contributed by atoms with Crippen LogP contribution < -0.4 is 4.74 Å². The minimum Gasteiger partial charge on any atom is -0.421 e. The van der Waals surface area contributed by atoms with Gasteiger partial charge in [0.15, 0.2) is 6.10 Å². The lowest BCUT2D eigenvalue weighted by Crippen LogP contribution is -2.47. The smallest absolute Gasteiger partial charge is 0.382 e. The van der Waals surface area contributed by atoms with Gasteiger partial charge in [-0.15, -0.1) is 0 Å². The van der Waals surface area contributed by atoms with Gasteiger partial charge in [0.05, 0.1) is 12.7 Å². The lowest BCUT2D eigenvalue weighted by molar-refractivity contribution is -0.157. The fraction of sp³-hybridized carbons (Fsp3) is 0.667. The summed E-state index contributed by atoms with van der Waals surface area (Å²) in [5.41, 5.74) is 2.31. The number of benzene rings is 1. The van der Waals surface area contributed by atoms with Gasteiger partial charge in [-0.25, -0.2) is 4.79 Å². The standard InChI is InChI=1S/C24H32O8/c1-24-9-8-15-14-5-3-13(32-23(31)22(30)21(29)20(28)18(26)11-25)10-12(14)2-4-16(15)17(24)6-7-19(24)27/h3,5,10,15-21,25-29H,2,4,6-9,11H2,1H3/t15-,16-,17+,18+,19+,20-,21+,24+/m1/s1. The molecule has 1 aromatic rings. The Bertz CT molecular complexity index is 885. The molecule has 0 spiro atoms. The van der Waals surface area contributed by atoms with Crippen molar-refractivity contribution in [2.75, 3.05) is 6.61 Å². The van der Waals surface area contributed by atoms with Crippen LogP contribution in [0.3, 0.4) is 0 Å². The molecule has 176 valence electrons. The molecule has 32 heavy (non-hydrogen) atoms. The van der Waals surface area contributed by atoms with Crippen molar-refractivity contribution < 1.29 is 39.9 Å². The van der Waals surface area contributed by atoms with Crippen LogP contribution in [0.2, 0.25) is 0 Å². The molecule has 8 heteroatoms. The summed E-state index contributed by atoms with van der Waals surface area (Å²) < 4.78 is 5.13. The quantitative estimate of drug-likeness (QED) is 0.240. The van der Waals surface area contributed by atoms with Gasteiger partial charge in [0, 0.05) is 0 Å². The monoisotopic (exact) mass is 448 g/mol. The second kappa shape index (κ2) is 8.83. The number of aliphatic hydroxyl groups excluding tert-OH is 5. The fourth-order valence-electron chi connectivity index (χ4n) is 6.35. The van der Waals surface area contributed by atoms with Crippen LogP contribution in [0.4, 0.5) is 0 Å². The average Bonchev–Trinajstić information content (AvgIpc) is 3.11. The number of fused-ring (bicyclic) bond motifs is 5. The van der Waals surface area contributed by atoms with Crippen LogP contribution in [0.25, 0.3) is 0 Å². The molecule has 3 aliphatic rings. The Labute approximate surface area is 186 Å². The second-order valence-corrected chi connectivity index (χ2v) is 9.85. The van der Waals surface area contributed by atoms with Crippen LogP contribution >= 0.6 is 0 Å². The number of aryl methyl sites for hydroxylation is 1. The molecular weight excluding hydrogens is 416 g/mol. The molecule has 0 bridgehead atoms. The highest BCUT2D eigenvalue weighted by Crippen LogP contribution is 2.60. The first-order chi connectivity index (χ1) is 15.2. The van der Waals surface area contributed by atoms with Crippen LogP contribution in [-0.2, 0) is 16.0 Å². The molecule has 0 aliphatic heterocycles. The fourth-order valence-corrected chi connectivity index (χ4v) is 6.35. The van der Waals surface area contributed by atoms with Crippen molar-refractivity contribution in [2.24, 2.45) is 17.3 Å². The van der Waals surface area contributed by atoms with Crippen LogP contribution in [0.15, 0.2) is 18.2 Å². The number of ketones is 1. The Morgan fingerprint density at radius 2 is 1.91 bits per heavy atom. The van der Waals surface area contributed by atoms with Crippen molar-refractivity contribution in [2.45, 2.75) is 75.8 Å². The Hall–Kier alpha value is -1.84. The summed E-state index contributed by atoms with van der Waals surface area (Å²) in [4.78, 5) is 24.2. The van der Waals surface area contributed by atoms with E-state index in [0.29, 0.717) is 17.8 Å². The van der Waals surface area contributed by atoms with Gasteiger partial charge in [0.25, 0.3) is 5.78 Å². The molecule has 4 rings (SSSR count). The Balaban J connectivity index is 1.46. The summed E-state index contributed by atoms with van der Waals surface area (Å²) in [5, 5.41) is 48.1. The average molecular weight is 449 g/mol. The van der Waals surface area contributed by atoms with Gasteiger partial charge < -0.3 is 30.3 Å². The van der Waals surface area contributed by atoms with Gasteiger partial charge in [0.2, 0.25) is 0 Å². The van der Waals surface area contributed by atoms with Gasteiger partial charge in [-0.3, -0.25) is 4.79 Å². The van der Waals surface area contributed by atoms with E-state index in [4.69, 9.17) is 9.84 Å². The van der Waals surface area contributed by atoms with Crippen molar-refractivity contribution in [3.05, 3.63) is 29.3 Å². The summed E-state index contributed by atoms with van der Waals surface area (Å²) >= 11 is 0. The molecule has 0 amide bonds. The van der Waals surface area contributed by atoms with Crippen molar-refractivity contribution >= 4 is 11.8 Å². The number of esters is 1. The van der Waals surface area contributed by atoms with Crippen LogP contribution in [0, 0.1) is 17.3 Å². The molecule has 0 radical (unpaired) electrons. The van der Waals surface area contributed by atoms with E-state index < -0.39 is 36.7 Å². The number of carbonyl (C=O) groups is 2. The Morgan fingerprint density at radius 1 is 1.16 bits per heavy atom. The summed E-state index contributed by atoms with van der Waals surface area (Å²) in [6.07, 6.45) is -0.401. The first-order valence-electron chi connectivity index (χ1n) is 11.4. The number of aliphatic hydroxyl groups is 5. The van der Waals surface area contributed by atoms with Gasteiger partial charge in [-0.1, -0.05) is 13.0 Å². The van der Waals surface area contributed by atoms with E-state index in [1.807, 2.05) is 6.07 Å². The van der Waals surface area contributed by atoms with Crippen LogP contribution in [0.5, 0.6) is 5.75 Å². The third-order valence-electron chi connectivity index (χ3n) is 8.23. The van der Waals surface area contributed by atoms with Crippen molar-refractivity contribution in [3.63, 3.8) is 0 Å². The van der Waals surface area contributed by atoms with E-state index in [1.54, 1.807) is 12.1 Å². The van der Waals surface area contributed by atoms with E-state index in [1.165, 1.54) is 5.56 Å². The van der Waals surface area contributed by atoms with Gasteiger partial charge in [0.1, 0.15) is 18.0 Å². The Kier molecular flexibility index (Phi) is 6.44. The molecule has 2 saturated carbocycles. The van der Waals surface area contributed by atoms with Gasteiger partial charge in [-0.05, 0) is 85.0 Å². The molecule has 0 unspecified atom stereocenters. The Morgan fingerprint density at radius 3 is 2.62 bits per heavy atom. The maximum Gasteiger partial charge on any atom is 0.382 e. The molecule has 8 atom stereocenters. The summed E-state index contributed by atoms with van der Waals surface area (Å²) in [6.45, 7) is 1.36. The van der Waals surface area contributed by atoms with Gasteiger partial charge >= 0.3 is 5.97 Å². The minimum absolute atomic E-state index is 0.00348. The second-order valence-electron chi connectivity index (χ2n) is 9.85. The number of hydrogen-bond acceptors (Lipinski definition) is 8. The summed E-state index contributed by atoms with van der Waals surface area (Å²) in [6, 6.07) is 5.32. The molecule has 8 nitrogen and oxygen atoms in total. The van der Waals surface area contributed by atoms with E-state index in [-0.39, 0.29) is 17.3 Å². The van der Waals surface area contributed by atoms with Gasteiger partial charge in [-0.2, -0.15) is 0 Å². The zero-order chi connectivity index (χ0) is 23.2. The predicted molar refractivity (Wildman–Crippen MR) is 113 cm³/mol. The topological polar surface area (TPSA) is 145 Å². The lowest BCUT2D eigenvalue weighted by atomic mass is 9.55. The van der Waals surface area contributed by atoms with Crippen molar-refractivity contribution in [3.8, 4) is 5.75 Å². The SMILES string of the molecule is C[C@]12CC[C@@H]3c4ccc(OC(=O)C(=O)[C@@H](O)[C@H](O)[C@@H](O)CO)cc4CC[C@H]3[C@@H]1CC[C@@H]2O. The molecule has 3 aliphatic carbocycles. The van der Waals surface area contributed by atoms with Crippen molar-refractivity contribution in [1.29, 1.82) is 0 Å². The van der Waals surface area contributed by atoms with E-state index >= 15 is 0 Å². The van der Waals surface area contributed by atoms with E-state index in [9.17, 15) is 30.0 Å². The highest BCUT2D eigenvalue weighted by Gasteiger charge is 2.54. The van der Waals surface area contributed by atoms with E-state index in [0.717, 1.165) is 44.1 Å². The van der Waals surface area contributed by atoms with E-state index in [2.05, 4.69) is 6.92 Å². The van der Waals surface area contributed by atoms with Crippen molar-refractivity contribution in [1.82, 2.24) is 0 Å². The summed E-state index contributed by atoms with van der Waals surface area (Å²) in [5.74, 6) is -1.10. The predicted octanol–water partition coefficient (Wildman–Crippen LogP) is 0.453. The maximum absolute atomic E-state index is 12.1. The first kappa shape index (κ1) is 23.3. The lowest BCUT2D eigenvalue weighted by Gasteiger charge is -2.50. The molecule has 2 fully saturated rings. The van der Waals surface area contributed by atoms with Crippen LogP contribution in [0.1, 0.15) is 56.1 Å². The molecule has 1 aromatic carbocycles. The third kappa shape index (κ3) is 3.88. The number of carbonyl (C=O) groups excluding carboxylic acids is 2. The number of hydrogen-bond donors (Lipinski definition) is 5. The normalized spacial score (nSPS) is 33.9. The molecular formula is C24H32O8. The number of ether oxygens (including phenoxy) is 1. The zero-order valence-electron chi connectivity index (χ0n) is 18.2. The third-order valence-corrected chi connectivity index (χ3v) is 8.23.